The predicted octanol–water partition coefficient (Wildman–Crippen LogP) is 4.17. The number of benzene rings is 2. The van der Waals surface area contributed by atoms with Crippen LogP contribution in [-0.2, 0) is 0 Å². The van der Waals surface area contributed by atoms with Crippen LogP contribution < -0.4 is 5.32 Å². The van der Waals surface area contributed by atoms with Crippen LogP contribution in [-0.4, -0.2) is 20.5 Å². The Balaban J connectivity index is 1.61. The third kappa shape index (κ3) is 3.46. The number of carbonyl (C=O) groups excluding carboxylic acids is 1. The number of fused-ring (bicyclic) bond motifs is 1. The fourth-order valence-electron chi connectivity index (χ4n) is 3.02. The van der Waals surface area contributed by atoms with Gasteiger partial charge in [-0.15, -0.1) is 10.2 Å². The van der Waals surface area contributed by atoms with E-state index in [0.717, 1.165) is 11.6 Å². The normalized spacial score (nSPS) is 12.1. The SMILES string of the molecule is C[C@H](NC(=O)c1ccn2c(-c3cc(F)cc(F)c3)nnc2c1)c1ccccc1. The van der Waals surface area contributed by atoms with Crippen molar-refractivity contribution in [2.24, 2.45) is 0 Å². The van der Waals surface area contributed by atoms with Gasteiger partial charge in [-0.3, -0.25) is 9.20 Å². The maximum atomic E-state index is 13.5. The van der Waals surface area contributed by atoms with Crippen LogP contribution in [0.4, 0.5) is 8.78 Å². The van der Waals surface area contributed by atoms with Gasteiger partial charge in [0, 0.05) is 23.4 Å². The number of nitrogens with one attached hydrogen (secondary N) is 1. The summed E-state index contributed by atoms with van der Waals surface area (Å²) >= 11 is 0. The first-order valence-electron chi connectivity index (χ1n) is 8.68. The number of carbonyl (C=O) groups is 1. The lowest BCUT2D eigenvalue weighted by Gasteiger charge is -2.14. The average molecular weight is 378 g/mol. The van der Waals surface area contributed by atoms with Crippen LogP contribution >= 0.6 is 0 Å². The first-order chi connectivity index (χ1) is 13.5. The van der Waals surface area contributed by atoms with Gasteiger partial charge in [-0.05, 0) is 36.8 Å². The summed E-state index contributed by atoms with van der Waals surface area (Å²) in [6.07, 6.45) is 1.61. The van der Waals surface area contributed by atoms with E-state index in [1.54, 1.807) is 22.7 Å². The summed E-state index contributed by atoms with van der Waals surface area (Å²) in [6.45, 7) is 1.90. The van der Waals surface area contributed by atoms with E-state index in [-0.39, 0.29) is 23.3 Å². The second kappa shape index (κ2) is 7.19. The molecule has 4 rings (SSSR count). The highest BCUT2D eigenvalue weighted by atomic mass is 19.1. The van der Waals surface area contributed by atoms with Gasteiger partial charge in [0.2, 0.25) is 0 Å². The molecule has 0 radical (unpaired) electrons. The summed E-state index contributed by atoms with van der Waals surface area (Å²) in [7, 11) is 0. The number of aromatic nitrogens is 3. The number of halogens is 2. The lowest BCUT2D eigenvalue weighted by molar-refractivity contribution is 0.0940. The number of pyridine rings is 1. The van der Waals surface area contributed by atoms with Crippen molar-refractivity contribution in [3.8, 4) is 11.4 Å². The molecule has 0 aliphatic rings. The van der Waals surface area contributed by atoms with Crippen molar-refractivity contribution >= 4 is 11.6 Å². The molecule has 0 unspecified atom stereocenters. The molecule has 0 fully saturated rings. The molecule has 2 aromatic heterocycles. The molecule has 1 amide bonds. The summed E-state index contributed by atoms with van der Waals surface area (Å²) in [4.78, 5) is 12.6. The Hall–Kier alpha value is -3.61. The summed E-state index contributed by atoms with van der Waals surface area (Å²) in [6, 6.07) is 15.8. The van der Waals surface area contributed by atoms with Crippen LogP contribution in [0.5, 0.6) is 0 Å². The van der Waals surface area contributed by atoms with Crippen LogP contribution in [0.3, 0.4) is 0 Å². The average Bonchev–Trinajstić information content (AvgIpc) is 3.11. The number of amides is 1. The van der Waals surface area contributed by atoms with Crippen LogP contribution in [0.1, 0.15) is 28.9 Å². The molecular formula is C21H16F2N4O. The van der Waals surface area contributed by atoms with Crippen LogP contribution in [0.25, 0.3) is 17.0 Å². The van der Waals surface area contributed by atoms with Gasteiger partial charge in [0.1, 0.15) is 11.6 Å². The van der Waals surface area contributed by atoms with Crippen molar-refractivity contribution in [3.05, 3.63) is 89.6 Å². The summed E-state index contributed by atoms with van der Waals surface area (Å²) in [5, 5.41) is 11.0. The van der Waals surface area contributed by atoms with Gasteiger partial charge in [0.15, 0.2) is 11.5 Å². The lowest BCUT2D eigenvalue weighted by Crippen LogP contribution is -2.26. The second-order valence-electron chi connectivity index (χ2n) is 6.43. The van der Waals surface area contributed by atoms with E-state index in [9.17, 15) is 13.6 Å². The molecule has 0 saturated carbocycles. The second-order valence-corrected chi connectivity index (χ2v) is 6.43. The minimum Gasteiger partial charge on any atom is -0.346 e. The van der Waals surface area contributed by atoms with E-state index >= 15 is 0 Å². The Labute approximate surface area is 159 Å². The van der Waals surface area contributed by atoms with Crippen molar-refractivity contribution in [2.75, 3.05) is 0 Å². The Morgan fingerprint density at radius 1 is 1.00 bits per heavy atom. The zero-order chi connectivity index (χ0) is 19.7. The minimum atomic E-state index is -0.697. The Bertz CT molecular complexity index is 1140. The molecule has 1 atom stereocenters. The number of rotatable bonds is 4. The number of hydrogen-bond acceptors (Lipinski definition) is 3. The van der Waals surface area contributed by atoms with Gasteiger partial charge in [-0.25, -0.2) is 8.78 Å². The molecule has 0 spiro atoms. The van der Waals surface area contributed by atoms with Gasteiger partial charge in [-0.2, -0.15) is 0 Å². The quantitative estimate of drug-likeness (QED) is 0.580. The first-order valence-corrected chi connectivity index (χ1v) is 8.68. The van der Waals surface area contributed by atoms with Crippen molar-refractivity contribution in [3.63, 3.8) is 0 Å². The zero-order valence-corrected chi connectivity index (χ0v) is 14.9. The molecule has 0 bridgehead atoms. The number of nitrogens with zero attached hydrogens (tertiary/aromatic N) is 3. The van der Waals surface area contributed by atoms with E-state index < -0.39 is 11.6 Å². The molecule has 0 aliphatic carbocycles. The monoisotopic (exact) mass is 378 g/mol. The van der Waals surface area contributed by atoms with Crippen LogP contribution in [0.2, 0.25) is 0 Å². The van der Waals surface area contributed by atoms with Gasteiger partial charge in [0.05, 0.1) is 6.04 Å². The van der Waals surface area contributed by atoms with E-state index in [0.29, 0.717) is 11.2 Å². The molecule has 2 aromatic carbocycles. The summed E-state index contributed by atoms with van der Waals surface area (Å²) in [5.74, 6) is -1.35. The van der Waals surface area contributed by atoms with Crippen molar-refractivity contribution < 1.29 is 13.6 Å². The first kappa shape index (κ1) is 17.8. The molecule has 0 saturated heterocycles. The Kier molecular flexibility index (Phi) is 4.57. The maximum Gasteiger partial charge on any atom is 0.251 e. The fraction of sp³-hybridized carbons (Fsp3) is 0.0952. The molecule has 1 N–H and O–H groups in total. The predicted molar refractivity (Wildman–Crippen MR) is 101 cm³/mol. The Morgan fingerprint density at radius 2 is 1.71 bits per heavy atom. The molecule has 5 nitrogen and oxygen atoms in total. The smallest absolute Gasteiger partial charge is 0.251 e. The van der Waals surface area contributed by atoms with Gasteiger partial charge in [0.25, 0.3) is 5.91 Å². The molecule has 28 heavy (non-hydrogen) atoms. The van der Waals surface area contributed by atoms with E-state index in [2.05, 4.69) is 15.5 Å². The largest absolute Gasteiger partial charge is 0.346 e. The standard InChI is InChI=1S/C21H16F2N4O/c1-13(14-5-3-2-4-6-14)24-21(28)15-7-8-27-19(11-15)25-26-20(27)16-9-17(22)12-18(23)10-16/h2-13H,1H3,(H,24,28)/t13-/m0/s1. The van der Waals surface area contributed by atoms with E-state index in [1.165, 1.54) is 12.1 Å². The lowest BCUT2D eigenvalue weighted by atomic mass is 10.1. The van der Waals surface area contributed by atoms with E-state index in [1.807, 2.05) is 37.3 Å². The van der Waals surface area contributed by atoms with Gasteiger partial charge >= 0.3 is 0 Å². The highest BCUT2D eigenvalue weighted by Gasteiger charge is 2.15. The molecule has 140 valence electrons. The molecule has 4 aromatic rings. The van der Waals surface area contributed by atoms with Crippen molar-refractivity contribution in [1.29, 1.82) is 0 Å². The third-order valence-corrected chi connectivity index (χ3v) is 4.44. The molecule has 2 heterocycles. The van der Waals surface area contributed by atoms with Crippen molar-refractivity contribution in [1.82, 2.24) is 19.9 Å². The highest BCUT2D eigenvalue weighted by Crippen LogP contribution is 2.21. The fourth-order valence-corrected chi connectivity index (χ4v) is 3.02. The zero-order valence-electron chi connectivity index (χ0n) is 14.9. The maximum absolute atomic E-state index is 13.5. The van der Waals surface area contributed by atoms with Gasteiger partial charge in [-0.1, -0.05) is 30.3 Å². The highest BCUT2D eigenvalue weighted by molar-refractivity contribution is 5.95. The molecule has 0 aliphatic heterocycles. The van der Waals surface area contributed by atoms with Crippen LogP contribution in [0, 0.1) is 11.6 Å². The van der Waals surface area contributed by atoms with Gasteiger partial charge < -0.3 is 5.32 Å². The molecule has 7 heteroatoms. The topological polar surface area (TPSA) is 59.3 Å². The number of hydrogen-bond donors (Lipinski definition) is 1. The van der Waals surface area contributed by atoms with E-state index in [4.69, 9.17) is 0 Å². The third-order valence-electron chi connectivity index (χ3n) is 4.44. The minimum absolute atomic E-state index is 0.159. The summed E-state index contributed by atoms with van der Waals surface area (Å²) < 4.78 is 28.6. The molecular weight excluding hydrogens is 362 g/mol. The Morgan fingerprint density at radius 3 is 2.43 bits per heavy atom. The van der Waals surface area contributed by atoms with Crippen molar-refractivity contribution in [2.45, 2.75) is 13.0 Å². The van der Waals surface area contributed by atoms with Crippen LogP contribution in [0.15, 0.2) is 66.9 Å². The summed E-state index contributed by atoms with van der Waals surface area (Å²) in [5.41, 5.74) is 2.08.